The first kappa shape index (κ1) is 14.0. The van der Waals surface area contributed by atoms with Crippen LogP contribution in [-0.4, -0.2) is 48.6 Å². The Morgan fingerprint density at radius 2 is 2.21 bits per heavy atom. The second-order valence-corrected chi connectivity index (χ2v) is 4.74. The normalized spacial score (nSPS) is 19.7. The van der Waals surface area contributed by atoms with Gasteiger partial charge in [0.25, 0.3) is 0 Å². The summed E-state index contributed by atoms with van der Waals surface area (Å²) in [6.07, 6.45) is 1.72. The first-order chi connectivity index (χ1) is 9.19. The number of rotatable bonds is 4. The van der Waals surface area contributed by atoms with Crippen molar-refractivity contribution in [1.29, 1.82) is 0 Å². The number of aromatic nitrogens is 1. The van der Waals surface area contributed by atoms with Crippen LogP contribution in [0.25, 0.3) is 0 Å². The molecule has 0 aliphatic carbocycles. The zero-order chi connectivity index (χ0) is 13.7. The number of hydrogen-bond donors (Lipinski definition) is 1. The van der Waals surface area contributed by atoms with Crippen LogP contribution in [0.3, 0.4) is 0 Å². The van der Waals surface area contributed by atoms with Crippen LogP contribution >= 0.6 is 0 Å². The molecule has 0 radical (unpaired) electrons. The van der Waals surface area contributed by atoms with Crippen LogP contribution in [-0.2, 0) is 15.1 Å². The number of hydrogen-bond acceptors (Lipinski definition) is 5. The molecule has 5 nitrogen and oxygen atoms in total. The smallest absolute Gasteiger partial charge is 0.332 e. The Balaban J connectivity index is 2.34. The third-order valence-corrected chi connectivity index (χ3v) is 3.59. The van der Waals surface area contributed by atoms with Crippen LogP contribution in [0, 0.1) is 0 Å². The monoisotopic (exact) mass is 263 g/mol. The van der Waals surface area contributed by atoms with E-state index in [4.69, 9.17) is 4.74 Å². The Bertz CT molecular complexity index is 418. The van der Waals surface area contributed by atoms with Crippen molar-refractivity contribution in [3.8, 4) is 0 Å². The molecule has 1 aliphatic rings. The summed E-state index contributed by atoms with van der Waals surface area (Å²) in [6.45, 7) is 7.49. The Morgan fingerprint density at radius 3 is 2.79 bits per heavy atom. The molecule has 0 amide bonds. The highest BCUT2D eigenvalue weighted by atomic mass is 16.5. The molecule has 1 atom stereocenters. The average Bonchev–Trinajstić information content (AvgIpc) is 2.48. The summed E-state index contributed by atoms with van der Waals surface area (Å²) in [4.78, 5) is 18.9. The van der Waals surface area contributed by atoms with E-state index in [1.165, 1.54) is 0 Å². The zero-order valence-corrected chi connectivity index (χ0v) is 11.6. The van der Waals surface area contributed by atoms with Crippen LogP contribution in [0.4, 0.5) is 0 Å². The van der Waals surface area contributed by atoms with E-state index in [2.05, 4.69) is 15.2 Å². The first-order valence-corrected chi connectivity index (χ1v) is 6.74. The number of carbonyl (C=O) groups is 1. The summed E-state index contributed by atoms with van der Waals surface area (Å²) >= 11 is 0. The predicted molar refractivity (Wildman–Crippen MR) is 72.7 cm³/mol. The minimum atomic E-state index is -0.806. The quantitative estimate of drug-likeness (QED) is 0.813. The lowest BCUT2D eigenvalue weighted by Crippen LogP contribution is -2.57. The summed E-state index contributed by atoms with van der Waals surface area (Å²) in [5, 5.41) is 3.30. The summed E-state index contributed by atoms with van der Waals surface area (Å²) in [6, 6.07) is 5.65. The minimum absolute atomic E-state index is 0.226. The molecule has 1 saturated heterocycles. The molecule has 0 saturated carbocycles. The molecule has 2 rings (SSSR count). The van der Waals surface area contributed by atoms with Crippen molar-refractivity contribution in [2.45, 2.75) is 19.4 Å². The van der Waals surface area contributed by atoms with Gasteiger partial charge in [-0.3, -0.25) is 9.88 Å². The second kappa shape index (κ2) is 6.12. The molecule has 1 aromatic heterocycles. The van der Waals surface area contributed by atoms with Crippen molar-refractivity contribution in [2.75, 3.05) is 32.8 Å². The third-order valence-electron chi connectivity index (χ3n) is 3.59. The lowest BCUT2D eigenvalue weighted by atomic mass is 9.93. The van der Waals surface area contributed by atoms with Crippen molar-refractivity contribution in [2.24, 2.45) is 0 Å². The molecular formula is C14H21N3O2. The van der Waals surface area contributed by atoms with E-state index in [1.807, 2.05) is 32.0 Å². The van der Waals surface area contributed by atoms with Gasteiger partial charge in [0, 0.05) is 32.4 Å². The molecule has 5 heteroatoms. The molecule has 0 spiro atoms. The topological polar surface area (TPSA) is 54.5 Å². The van der Waals surface area contributed by atoms with Gasteiger partial charge in [0.15, 0.2) is 5.54 Å². The van der Waals surface area contributed by atoms with Crippen molar-refractivity contribution in [1.82, 2.24) is 15.2 Å². The van der Waals surface area contributed by atoms with E-state index < -0.39 is 5.54 Å². The molecule has 2 heterocycles. The zero-order valence-electron chi connectivity index (χ0n) is 11.6. The molecule has 0 aromatic carbocycles. The first-order valence-electron chi connectivity index (χ1n) is 6.74. The fourth-order valence-corrected chi connectivity index (χ4v) is 2.43. The van der Waals surface area contributed by atoms with Gasteiger partial charge in [0.1, 0.15) is 0 Å². The van der Waals surface area contributed by atoms with Gasteiger partial charge >= 0.3 is 5.97 Å². The Labute approximate surface area is 114 Å². The lowest BCUT2D eigenvalue weighted by Gasteiger charge is -2.40. The molecule has 104 valence electrons. The number of nitrogens with one attached hydrogen (secondary N) is 1. The highest BCUT2D eigenvalue weighted by molar-refractivity contribution is 5.81. The minimum Gasteiger partial charge on any atom is -0.464 e. The number of carbonyl (C=O) groups excluding carboxylic acids is 1. The molecule has 1 unspecified atom stereocenters. The summed E-state index contributed by atoms with van der Waals surface area (Å²) in [7, 11) is 0. The van der Waals surface area contributed by atoms with Crippen molar-refractivity contribution in [3.63, 3.8) is 0 Å². The lowest BCUT2D eigenvalue weighted by molar-refractivity contribution is -0.158. The van der Waals surface area contributed by atoms with Crippen molar-refractivity contribution < 1.29 is 9.53 Å². The van der Waals surface area contributed by atoms with Gasteiger partial charge in [0.05, 0.1) is 12.3 Å². The van der Waals surface area contributed by atoms with Crippen molar-refractivity contribution in [3.05, 3.63) is 30.1 Å². The fourth-order valence-electron chi connectivity index (χ4n) is 2.43. The number of pyridine rings is 1. The number of piperazine rings is 1. The van der Waals surface area contributed by atoms with Gasteiger partial charge in [-0.15, -0.1) is 0 Å². The van der Waals surface area contributed by atoms with E-state index in [9.17, 15) is 4.79 Å². The van der Waals surface area contributed by atoms with Crippen LogP contribution in [0.5, 0.6) is 0 Å². The molecular weight excluding hydrogens is 242 g/mol. The second-order valence-electron chi connectivity index (χ2n) is 4.74. The largest absolute Gasteiger partial charge is 0.464 e. The van der Waals surface area contributed by atoms with Crippen molar-refractivity contribution >= 4 is 5.97 Å². The molecule has 0 bridgehead atoms. The van der Waals surface area contributed by atoms with Gasteiger partial charge in [-0.1, -0.05) is 6.07 Å². The predicted octanol–water partition coefficient (Wildman–Crippen LogP) is 0.765. The Hall–Kier alpha value is -1.46. The summed E-state index contributed by atoms with van der Waals surface area (Å²) in [5.74, 6) is -0.226. The van der Waals surface area contributed by atoms with E-state index in [0.717, 1.165) is 31.9 Å². The van der Waals surface area contributed by atoms with E-state index in [0.29, 0.717) is 6.61 Å². The number of esters is 1. The number of ether oxygens (including phenoxy) is 1. The van der Waals surface area contributed by atoms with Gasteiger partial charge in [-0.25, -0.2) is 4.79 Å². The van der Waals surface area contributed by atoms with Crippen LogP contribution in [0.15, 0.2) is 24.4 Å². The number of nitrogens with zero attached hydrogens (tertiary/aromatic N) is 2. The van der Waals surface area contributed by atoms with Gasteiger partial charge in [-0.05, 0) is 26.0 Å². The van der Waals surface area contributed by atoms with Gasteiger partial charge in [-0.2, -0.15) is 0 Å². The Kier molecular flexibility index (Phi) is 4.50. The molecule has 19 heavy (non-hydrogen) atoms. The fraction of sp³-hybridized carbons (Fsp3) is 0.571. The van der Waals surface area contributed by atoms with Gasteiger partial charge < -0.3 is 10.1 Å². The van der Waals surface area contributed by atoms with E-state index in [1.54, 1.807) is 6.20 Å². The standard InChI is InChI=1S/C14H21N3O2/c1-3-19-13(18)14(2,12-6-4-5-7-16-12)17-10-8-15-9-11-17/h4-7,15H,3,8-11H2,1-2H3. The summed E-state index contributed by atoms with van der Waals surface area (Å²) in [5.41, 5.74) is -0.0605. The third kappa shape index (κ3) is 2.77. The van der Waals surface area contributed by atoms with Crippen LogP contribution in [0.2, 0.25) is 0 Å². The van der Waals surface area contributed by atoms with Gasteiger partial charge in [0.2, 0.25) is 0 Å². The average molecular weight is 263 g/mol. The highest BCUT2D eigenvalue weighted by Gasteiger charge is 2.44. The van der Waals surface area contributed by atoms with E-state index in [-0.39, 0.29) is 5.97 Å². The van der Waals surface area contributed by atoms with Crippen LogP contribution < -0.4 is 5.32 Å². The summed E-state index contributed by atoms with van der Waals surface area (Å²) < 4.78 is 5.27. The molecule has 1 aliphatic heterocycles. The van der Waals surface area contributed by atoms with Crippen LogP contribution in [0.1, 0.15) is 19.5 Å². The molecule has 1 N–H and O–H groups in total. The maximum Gasteiger partial charge on any atom is 0.332 e. The molecule has 1 fully saturated rings. The van der Waals surface area contributed by atoms with E-state index >= 15 is 0 Å². The maximum atomic E-state index is 12.4. The Morgan fingerprint density at radius 1 is 1.47 bits per heavy atom. The maximum absolute atomic E-state index is 12.4. The highest BCUT2D eigenvalue weighted by Crippen LogP contribution is 2.28. The SMILES string of the molecule is CCOC(=O)C(C)(c1ccccn1)N1CCNCC1. The molecule has 1 aromatic rings.